The predicted octanol–water partition coefficient (Wildman–Crippen LogP) is 5.69. The van der Waals surface area contributed by atoms with Crippen LogP contribution in [0.1, 0.15) is 37.7 Å². The van der Waals surface area contributed by atoms with Crippen LogP contribution in [0.5, 0.6) is 11.5 Å². The summed E-state index contributed by atoms with van der Waals surface area (Å²) in [6.07, 6.45) is 2.17. The van der Waals surface area contributed by atoms with Crippen molar-refractivity contribution >= 4 is 33.0 Å². The fourth-order valence-corrected chi connectivity index (χ4v) is 4.50. The Hall–Kier alpha value is -2.22. The minimum absolute atomic E-state index is 0.0464. The van der Waals surface area contributed by atoms with Crippen LogP contribution in [0.3, 0.4) is 0 Å². The average Bonchev–Trinajstić information content (AvgIpc) is 3.18. The van der Waals surface area contributed by atoms with E-state index in [4.69, 9.17) is 37.1 Å². The number of ether oxygens (including phenoxy) is 2. The van der Waals surface area contributed by atoms with E-state index < -0.39 is 9.84 Å². The number of sulfone groups is 1. The van der Waals surface area contributed by atoms with Gasteiger partial charge >= 0.3 is 0 Å². The van der Waals surface area contributed by atoms with Gasteiger partial charge in [0.2, 0.25) is 0 Å². The molecule has 0 saturated heterocycles. The molecule has 3 aromatic rings. The van der Waals surface area contributed by atoms with Crippen LogP contribution in [0.2, 0.25) is 10.0 Å². The van der Waals surface area contributed by atoms with Gasteiger partial charge in [0.05, 0.1) is 16.7 Å². The molecule has 0 atom stereocenters. The van der Waals surface area contributed by atoms with Gasteiger partial charge in [0.25, 0.3) is 0 Å². The van der Waals surface area contributed by atoms with E-state index in [0.29, 0.717) is 28.2 Å². The first kappa shape index (κ1) is 23.4. The monoisotopic (exact) mass is 483 g/mol. The molecular formula is C22H23Cl2NO5S. The zero-order valence-corrected chi connectivity index (χ0v) is 19.9. The molecule has 0 aliphatic carbocycles. The average molecular weight is 484 g/mol. The summed E-state index contributed by atoms with van der Waals surface area (Å²) >= 11 is 12.8. The quantitative estimate of drug-likeness (QED) is 0.409. The van der Waals surface area contributed by atoms with Crippen LogP contribution in [-0.2, 0) is 21.9 Å². The normalized spacial score (nSPS) is 12.1. The molecule has 0 aliphatic rings. The summed E-state index contributed by atoms with van der Waals surface area (Å²) in [6, 6.07) is 11.2. The van der Waals surface area contributed by atoms with Gasteiger partial charge in [-0.15, -0.1) is 0 Å². The molecule has 31 heavy (non-hydrogen) atoms. The van der Waals surface area contributed by atoms with Crippen molar-refractivity contribution < 1.29 is 22.3 Å². The van der Waals surface area contributed by atoms with E-state index in [-0.39, 0.29) is 22.8 Å². The van der Waals surface area contributed by atoms with Crippen molar-refractivity contribution in [1.82, 2.24) is 4.98 Å². The lowest BCUT2D eigenvalue weighted by molar-refractivity contribution is 0.265. The third kappa shape index (κ3) is 5.17. The van der Waals surface area contributed by atoms with E-state index in [1.165, 1.54) is 0 Å². The molecule has 9 heteroatoms. The van der Waals surface area contributed by atoms with Crippen LogP contribution in [0, 0.1) is 0 Å². The summed E-state index contributed by atoms with van der Waals surface area (Å²) in [6.45, 7) is 6.44. The molecule has 166 valence electrons. The van der Waals surface area contributed by atoms with Crippen LogP contribution >= 0.6 is 23.2 Å². The number of hydrogen-bond donors (Lipinski definition) is 0. The second-order valence-corrected chi connectivity index (χ2v) is 10.2. The molecule has 1 heterocycles. The maximum Gasteiger partial charge on any atom is 0.200 e. The van der Waals surface area contributed by atoms with E-state index >= 15 is 0 Å². The highest BCUT2D eigenvalue weighted by atomic mass is 35.5. The van der Waals surface area contributed by atoms with Gasteiger partial charge in [-0.1, -0.05) is 49.2 Å². The molecule has 0 radical (unpaired) electrons. The number of aromatic nitrogens is 1. The van der Waals surface area contributed by atoms with E-state index in [1.807, 2.05) is 43.3 Å². The topological polar surface area (TPSA) is 78.6 Å². The van der Waals surface area contributed by atoms with Gasteiger partial charge in [-0.05, 0) is 42.3 Å². The highest BCUT2D eigenvalue weighted by Crippen LogP contribution is 2.40. The molecule has 2 aromatic carbocycles. The Morgan fingerprint density at radius 3 is 2.19 bits per heavy atom. The van der Waals surface area contributed by atoms with Gasteiger partial charge in [0.1, 0.15) is 12.4 Å². The molecule has 0 fully saturated rings. The van der Waals surface area contributed by atoms with Crippen LogP contribution in [-0.4, -0.2) is 26.3 Å². The zero-order valence-electron chi connectivity index (χ0n) is 17.6. The minimum Gasteiger partial charge on any atom is -0.491 e. The van der Waals surface area contributed by atoms with Crippen LogP contribution in [0.25, 0.3) is 0 Å². The lowest BCUT2D eigenvalue weighted by atomic mass is 9.78. The molecule has 6 nitrogen and oxygen atoms in total. The van der Waals surface area contributed by atoms with Gasteiger partial charge in [-0.25, -0.2) is 13.4 Å². The fraction of sp³-hybridized carbons (Fsp3) is 0.318. The fourth-order valence-electron chi connectivity index (χ4n) is 3.14. The van der Waals surface area contributed by atoms with Gasteiger partial charge in [-0.2, -0.15) is 0 Å². The van der Waals surface area contributed by atoms with E-state index in [0.717, 1.165) is 23.8 Å². The van der Waals surface area contributed by atoms with Gasteiger partial charge in [0.15, 0.2) is 32.8 Å². The molecule has 0 spiro atoms. The molecular weight excluding hydrogens is 461 g/mol. The van der Waals surface area contributed by atoms with E-state index in [2.05, 4.69) is 18.8 Å². The van der Waals surface area contributed by atoms with Gasteiger partial charge in [-0.3, -0.25) is 0 Å². The highest BCUT2D eigenvalue weighted by molar-refractivity contribution is 7.90. The van der Waals surface area contributed by atoms with Crippen molar-refractivity contribution in [3.63, 3.8) is 0 Å². The van der Waals surface area contributed by atoms with E-state index in [9.17, 15) is 8.42 Å². The lowest BCUT2D eigenvalue weighted by Crippen LogP contribution is -2.19. The van der Waals surface area contributed by atoms with Crippen molar-refractivity contribution in [2.75, 3.05) is 12.9 Å². The molecule has 0 aliphatic heterocycles. The van der Waals surface area contributed by atoms with Gasteiger partial charge < -0.3 is 13.9 Å². The SMILES string of the molecule is CCOc1c(Cl)cc(C(C)(C)c2ccc(OCc3ocnc3S(C)(=O)=O)cc2)cc1Cl. The summed E-state index contributed by atoms with van der Waals surface area (Å²) in [5, 5.41) is 0.812. The summed E-state index contributed by atoms with van der Waals surface area (Å²) < 4.78 is 39.8. The lowest BCUT2D eigenvalue weighted by Gasteiger charge is -2.27. The minimum atomic E-state index is -3.48. The maximum atomic E-state index is 11.7. The highest BCUT2D eigenvalue weighted by Gasteiger charge is 2.26. The first-order valence-corrected chi connectivity index (χ1v) is 12.2. The molecule has 0 N–H and O–H groups in total. The predicted molar refractivity (Wildman–Crippen MR) is 120 cm³/mol. The van der Waals surface area contributed by atoms with Crippen LogP contribution < -0.4 is 9.47 Å². The third-order valence-electron chi connectivity index (χ3n) is 4.91. The van der Waals surface area contributed by atoms with Crippen molar-refractivity contribution in [3.8, 4) is 11.5 Å². The number of hydrogen-bond acceptors (Lipinski definition) is 6. The summed E-state index contributed by atoms with van der Waals surface area (Å²) in [5.41, 5.74) is 1.58. The molecule has 1 aromatic heterocycles. The molecule has 0 bridgehead atoms. The smallest absolute Gasteiger partial charge is 0.200 e. The first-order valence-electron chi connectivity index (χ1n) is 9.52. The molecule has 0 unspecified atom stereocenters. The number of nitrogens with zero attached hydrogens (tertiary/aromatic N) is 1. The van der Waals surface area contributed by atoms with Crippen molar-refractivity contribution in [3.05, 3.63) is 69.7 Å². The summed E-state index contributed by atoms with van der Waals surface area (Å²) in [4.78, 5) is 3.75. The molecule has 0 saturated carbocycles. The second kappa shape index (κ2) is 9.10. The molecule has 0 amide bonds. The Morgan fingerprint density at radius 2 is 1.65 bits per heavy atom. The van der Waals surface area contributed by atoms with Crippen molar-refractivity contribution in [2.45, 2.75) is 37.8 Å². The Kier molecular flexibility index (Phi) is 6.88. The number of oxazole rings is 1. The maximum absolute atomic E-state index is 11.7. The largest absolute Gasteiger partial charge is 0.491 e. The summed E-state index contributed by atoms with van der Waals surface area (Å²) in [5.74, 6) is 1.21. The van der Waals surface area contributed by atoms with E-state index in [1.54, 1.807) is 0 Å². The summed E-state index contributed by atoms with van der Waals surface area (Å²) in [7, 11) is -3.48. The third-order valence-corrected chi connectivity index (χ3v) is 6.51. The number of benzene rings is 2. The Bertz CT molecular complexity index is 1150. The molecule has 3 rings (SSSR count). The number of rotatable bonds is 8. The Balaban J connectivity index is 1.79. The van der Waals surface area contributed by atoms with Crippen LogP contribution in [0.4, 0.5) is 0 Å². The zero-order chi connectivity index (χ0) is 22.8. The van der Waals surface area contributed by atoms with Crippen LogP contribution in [0.15, 0.2) is 52.2 Å². The van der Waals surface area contributed by atoms with Crippen molar-refractivity contribution in [1.29, 1.82) is 0 Å². The Morgan fingerprint density at radius 1 is 1.03 bits per heavy atom. The standard InChI is InChI=1S/C22H23Cl2NO5S/c1-5-28-20-17(23)10-15(11-18(20)24)22(2,3)14-6-8-16(9-7-14)29-12-19-21(25-13-30-19)31(4,26)27/h6-11,13H,5,12H2,1-4H3. The Labute approximate surface area is 192 Å². The second-order valence-electron chi connectivity index (χ2n) is 7.49. The number of halogens is 2. The first-order chi connectivity index (χ1) is 14.5. The van der Waals surface area contributed by atoms with Gasteiger partial charge in [0, 0.05) is 11.7 Å². The van der Waals surface area contributed by atoms with Crippen molar-refractivity contribution in [2.24, 2.45) is 0 Å².